The van der Waals surface area contributed by atoms with Gasteiger partial charge in [0.05, 0.1) is 19.4 Å². The average molecular weight is 599 g/mol. The highest BCUT2D eigenvalue weighted by molar-refractivity contribution is 6.31. The lowest BCUT2D eigenvalue weighted by molar-refractivity contribution is -0.127. The zero-order valence-electron chi connectivity index (χ0n) is 24.0. The van der Waals surface area contributed by atoms with Gasteiger partial charge < -0.3 is 29.9 Å². The van der Waals surface area contributed by atoms with Gasteiger partial charge in [0.15, 0.2) is 17.0 Å². The maximum atomic E-state index is 13.6. The van der Waals surface area contributed by atoms with E-state index in [2.05, 4.69) is 35.8 Å². The molecule has 1 atom stereocenters. The first-order valence-electron chi connectivity index (χ1n) is 13.9. The van der Waals surface area contributed by atoms with E-state index in [9.17, 15) is 19.5 Å². The number of amides is 3. The van der Waals surface area contributed by atoms with Crippen LogP contribution in [0.3, 0.4) is 0 Å². The van der Waals surface area contributed by atoms with Gasteiger partial charge in [-0.05, 0) is 69.7 Å². The fourth-order valence-electron chi connectivity index (χ4n) is 5.23. The third kappa shape index (κ3) is 6.35. The van der Waals surface area contributed by atoms with Crippen LogP contribution in [0.5, 0.6) is 0 Å². The van der Waals surface area contributed by atoms with E-state index in [4.69, 9.17) is 16.3 Å². The monoisotopic (exact) mass is 598 g/mol. The van der Waals surface area contributed by atoms with Gasteiger partial charge in [0.2, 0.25) is 5.91 Å². The largest absolute Gasteiger partial charge is 0.465 e. The van der Waals surface area contributed by atoms with Gasteiger partial charge in [-0.2, -0.15) is 0 Å². The Morgan fingerprint density at radius 1 is 1.19 bits per heavy atom. The highest BCUT2D eigenvalue weighted by atomic mass is 35.5. The average Bonchev–Trinajstić information content (AvgIpc) is 3.45. The molecule has 224 valence electrons. The molecule has 3 aromatic rings. The van der Waals surface area contributed by atoms with Crippen LogP contribution >= 0.6 is 11.6 Å². The van der Waals surface area contributed by atoms with Crippen LogP contribution < -0.4 is 20.9 Å². The molecule has 1 aliphatic carbocycles. The van der Waals surface area contributed by atoms with E-state index in [1.165, 1.54) is 6.33 Å². The number of anilines is 2. The van der Waals surface area contributed by atoms with Crippen molar-refractivity contribution in [1.29, 1.82) is 0 Å². The molecule has 2 aromatic heterocycles. The minimum absolute atomic E-state index is 0.0949. The number of carboxylic acid groups (broad SMARTS) is 1. The second-order valence-corrected chi connectivity index (χ2v) is 12.2. The Labute approximate surface area is 248 Å². The van der Waals surface area contributed by atoms with Gasteiger partial charge >= 0.3 is 12.2 Å². The SMILES string of the molecule is CCc1cc(Cl)cc(N2CCC(NC(=O)OC(C)(C)C)(C(=O)NC3CC3)C2)c1Cn1cnc2c(NC(=O)O)ncnc21. The minimum Gasteiger partial charge on any atom is -0.465 e. The van der Waals surface area contributed by atoms with E-state index in [1.54, 1.807) is 27.1 Å². The summed E-state index contributed by atoms with van der Waals surface area (Å²) in [5.41, 5.74) is 1.65. The summed E-state index contributed by atoms with van der Waals surface area (Å²) in [5.74, 6) is -0.133. The number of nitrogens with zero attached hydrogens (tertiary/aromatic N) is 5. The number of aryl methyl sites for hydroxylation is 1. The number of nitrogens with one attached hydrogen (secondary N) is 3. The molecule has 2 fully saturated rings. The van der Waals surface area contributed by atoms with Crippen molar-refractivity contribution in [1.82, 2.24) is 30.2 Å². The first kappa shape index (κ1) is 29.4. The molecule has 42 heavy (non-hydrogen) atoms. The Morgan fingerprint density at radius 2 is 1.95 bits per heavy atom. The minimum atomic E-state index is -1.25. The van der Waals surface area contributed by atoms with Crippen molar-refractivity contribution < 1.29 is 24.2 Å². The molecule has 3 heterocycles. The highest BCUT2D eigenvalue weighted by Crippen LogP contribution is 2.36. The summed E-state index contributed by atoms with van der Waals surface area (Å²) >= 11 is 6.59. The number of carbonyl (C=O) groups excluding carboxylic acids is 2. The molecule has 3 amide bonds. The van der Waals surface area contributed by atoms with Gasteiger partial charge in [-0.25, -0.2) is 24.5 Å². The van der Waals surface area contributed by atoms with Crippen molar-refractivity contribution in [3.05, 3.63) is 40.9 Å². The van der Waals surface area contributed by atoms with E-state index in [-0.39, 0.29) is 24.3 Å². The Morgan fingerprint density at radius 3 is 2.62 bits per heavy atom. The van der Waals surface area contributed by atoms with Gasteiger partial charge in [0, 0.05) is 23.3 Å². The summed E-state index contributed by atoms with van der Waals surface area (Å²) in [5, 5.41) is 18.0. The van der Waals surface area contributed by atoms with Crippen LogP contribution in [0, 0.1) is 0 Å². The Hall–Kier alpha value is -4.13. The second kappa shape index (κ2) is 11.3. The van der Waals surface area contributed by atoms with Crippen LogP contribution in [0.25, 0.3) is 11.2 Å². The molecule has 0 spiro atoms. The molecule has 1 saturated carbocycles. The normalized spacial score (nSPS) is 18.6. The molecule has 1 saturated heterocycles. The number of fused-ring (bicyclic) bond motifs is 1. The Bertz CT molecular complexity index is 1530. The summed E-state index contributed by atoms with van der Waals surface area (Å²) in [6, 6.07) is 3.90. The number of hydrogen-bond donors (Lipinski definition) is 4. The molecular weight excluding hydrogens is 564 g/mol. The topological polar surface area (TPSA) is 164 Å². The fraction of sp³-hybridized carbons (Fsp3) is 0.500. The molecule has 2 aliphatic rings. The summed E-state index contributed by atoms with van der Waals surface area (Å²) in [6.45, 7) is 8.43. The van der Waals surface area contributed by atoms with Crippen molar-refractivity contribution in [2.75, 3.05) is 23.3 Å². The number of alkyl carbamates (subject to hydrolysis) is 1. The van der Waals surface area contributed by atoms with Crippen LogP contribution in [-0.2, 0) is 22.5 Å². The lowest BCUT2D eigenvalue weighted by Gasteiger charge is -2.32. The standard InChI is InChI=1S/C28H35ClN8O5/c1-5-16-10-17(29)11-20(19(16)12-37-15-32-21-22(34-25(39)40)30-14-31-23(21)37)36-9-8-28(13-36,24(38)33-18-6-7-18)35-26(41)42-27(2,3)4/h10-11,14-15,18H,5-9,12-13H2,1-4H3,(H,33,38)(H,35,41)(H,39,40)(H,30,31,34). The fourth-order valence-corrected chi connectivity index (χ4v) is 5.46. The molecule has 13 nitrogen and oxygen atoms in total. The van der Waals surface area contributed by atoms with E-state index < -0.39 is 23.3 Å². The number of hydrogen-bond acceptors (Lipinski definition) is 8. The molecule has 1 aromatic carbocycles. The van der Waals surface area contributed by atoms with Crippen molar-refractivity contribution in [2.45, 2.75) is 77.1 Å². The quantitative estimate of drug-likeness (QED) is 0.301. The van der Waals surface area contributed by atoms with Gasteiger partial charge in [-0.1, -0.05) is 18.5 Å². The molecular formula is C28H35ClN8O5. The Kier molecular flexibility index (Phi) is 7.88. The summed E-state index contributed by atoms with van der Waals surface area (Å²) in [6.07, 6.45) is 3.88. The van der Waals surface area contributed by atoms with Gasteiger partial charge in [-0.3, -0.25) is 10.1 Å². The molecule has 1 unspecified atom stereocenters. The lowest BCUT2D eigenvalue weighted by Crippen LogP contribution is -2.61. The van der Waals surface area contributed by atoms with Crippen molar-refractivity contribution in [3.63, 3.8) is 0 Å². The number of rotatable bonds is 8. The maximum absolute atomic E-state index is 13.6. The zero-order valence-corrected chi connectivity index (χ0v) is 24.8. The van der Waals surface area contributed by atoms with Gasteiger partial charge in [-0.15, -0.1) is 0 Å². The van der Waals surface area contributed by atoms with Crippen LogP contribution in [0.1, 0.15) is 58.1 Å². The van der Waals surface area contributed by atoms with Crippen molar-refractivity contribution in [2.24, 2.45) is 0 Å². The molecule has 5 rings (SSSR count). The van der Waals surface area contributed by atoms with E-state index in [0.717, 1.165) is 29.7 Å². The highest BCUT2D eigenvalue weighted by Gasteiger charge is 2.48. The first-order valence-corrected chi connectivity index (χ1v) is 14.3. The maximum Gasteiger partial charge on any atom is 0.410 e. The van der Waals surface area contributed by atoms with Crippen LogP contribution in [-0.4, -0.2) is 73.0 Å². The van der Waals surface area contributed by atoms with Gasteiger partial charge in [0.25, 0.3) is 0 Å². The van der Waals surface area contributed by atoms with Gasteiger partial charge in [0.1, 0.15) is 17.5 Å². The number of ether oxygens (including phenoxy) is 1. The van der Waals surface area contributed by atoms with E-state index in [0.29, 0.717) is 42.1 Å². The number of aromatic nitrogens is 4. The number of benzene rings is 1. The predicted octanol–water partition coefficient (Wildman–Crippen LogP) is 3.93. The number of carbonyl (C=O) groups is 3. The molecule has 1 aliphatic heterocycles. The molecule has 0 bridgehead atoms. The third-order valence-corrected chi connectivity index (χ3v) is 7.54. The zero-order chi connectivity index (χ0) is 30.2. The molecule has 4 N–H and O–H groups in total. The summed E-state index contributed by atoms with van der Waals surface area (Å²) < 4.78 is 7.34. The molecule has 14 heteroatoms. The number of imidazole rings is 1. The van der Waals surface area contributed by atoms with Crippen molar-refractivity contribution >= 4 is 52.4 Å². The van der Waals surface area contributed by atoms with Crippen molar-refractivity contribution in [3.8, 4) is 0 Å². The van der Waals surface area contributed by atoms with Crippen LogP contribution in [0.4, 0.5) is 21.1 Å². The smallest absolute Gasteiger partial charge is 0.410 e. The van der Waals surface area contributed by atoms with Crippen LogP contribution in [0.2, 0.25) is 5.02 Å². The summed E-state index contributed by atoms with van der Waals surface area (Å²) in [4.78, 5) is 52.5. The predicted molar refractivity (Wildman–Crippen MR) is 157 cm³/mol. The lowest BCUT2D eigenvalue weighted by atomic mass is 9.97. The third-order valence-electron chi connectivity index (χ3n) is 7.32. The Balaban J connectivity index is 1.49. The van der Waals surface area contributed by atoms with E-state index in [1.807, 2.05) is 23.6 Å². The second-order valence-electron chi connectivity index (χ2n) is 11.7. The van der Waals surface area contributed by atoms with E-state index >= 15 is 0 Å². The summed E-state index contributed by atoms with van der Waals surface area (Å²) in [7, 11) is 0. The van der Waals surface area contributed by atoms with Crippen LogP contribution in [0.15, 0.2) is 24.8 Å². The number of halogens is 1. The first-order chi connectivity index (χ1) is 19.9. The molecule has 0 radical (unpaired) electrons.